The molecule has 3 aromatic heterocycles. The van der Waals surface area contributed by atoms with Crippen molar-refractivity contribution >= 4 is 10.9 Å². The molecule has 0 saturated carbocycles. The van der Waals surface area contributed by atoms with E-state index in [2.05, 4.69) is 37.8 Å². The molecule has 1 fully saturated rings. The minimum Gasteiger partial charge on any atom is -0.381 e. The number of aromatic amines is 1. The fourth-order valence-corrected chi connectivity index (χ4v) is 3.26. The van der Waals surface area contributed by atoms with Crippen LogP contribution in [0.2, 0.25) is 0 Å². The van der Waals surface area contributed by atoms with E-state index in [-0.39, 0.29) is 0 Å². The van der Waals surface area contributed by atoms with Crippen molar-refractivity contribution in [2.75, 3.05) is 13.2 Å². The van der Waals surface area contributed by atoms with Crippen LogP contribution in [0.15, 0.2) is 30.9 Å². The van der Waals surface area contributed by atoms with E-state index in [1.54, 1.807) is 13.8 Å². The highest BCUT2D eigenvalue weighted by molar-refractivity contribution is 5.96. The number of ether oxygens (including phenoxy) is 1. The first-order valence-electron chi connectivity index (χ1n) is 8.81. The Kier molecular flexibility index (Phi) is 4.27. The Hall–Kier alpha value is -2.62. The molecule has 1 aliphatic rings. The maximum atomic E-state index is 9.83. The summed E-state index contributed by atoms with van der Waals surface area (Å²) < 4.78 is 7.76. The van der Waals surface area contributed by atoms with Crippen LogP contribution in [0.4, 0.5) is 0 Å². The molecule has 1 unspecified atom stereocenters. The van der Waals surface area contributed by atoms with E-state index in [9.17, 15) is 5.11 Å². The number of hydrogen-bond acceptors (Lipinski definition) is 4. The van der Waals surface area contributed by atoms with Crippen molar-refractivity contribution < 1.29 is 9.84 Å². The van der Waals surface area contributed by atoms with Crippen molar-refractivity contribution in [3.05, 3.63) is 36.5 Å². The number of pyridine rings is 1. The summed E-state index contributed by atoms with van der Waals surface area (Å²) in [6, 6.07) is 1.98. The predicted molar refractivity (Wildman–Crippen MR) is 99.4 cm³/mol. The summed E-state index contributed by atoms with van der Waals surface area (Å²) in [7, 11) is 0. The Morgan fingerprint density at radius 1 is 1.42 bits per heavy atom. The third kappa shape index (κ3) is 3.50. The van der Waals surface area contributed by atoms with Crippen molar-refractivity contribution in [3.8, 4) is 23.0 Å². The van der Waals surface area contributed by atoms with Gasteiger partial charge >= 0.3 is 0 Å². The van der Waals surface area contributed by atoms with E-state index in [0.717, 1.165) is 48.2 Å². The van der Waals surface area contributed by atoms with Gasteiger partial charge in [0.1, 0.15) is 11.3 Å². The standard InChI is InChI=1S/C20H22N4O2/c1-20(2,25)5-3-16-7-17-18(15-8-22-23-9-15)12-24(19(17)10-21-16)11-14-4-6-26-13-14/h7-10,12,14,25H,4,6,11,13H2,1-2H3,(H,22,23). The molecule has 134 valence electrons. The van der Waals surface area contributed by atoms with Crippen molar-refractivity contribution in [1.29, 1.82) is 0 Å². The molecule has 4 heterocycles. The molecular weight excluding hydrogens is 328 g/mol. The Morgan fingerprint density at radius 3 is 3.00 bits per heavy atom. The Bertz CT molecular complexity index is 965. The fraction of sp³-hybridized carbons (Fsp3) is 0.400. The number of nitrogens with one attached hydrogen (secondary N) is 1. The summed E-state index contributed by atoms with van der Waals surface area (Å²) in [5.41, 5.74) is 2.80. The summed E-state index contributed by atoms with van der Waals surface area (Å²) in [6.07, 6.45) is 8.82. The quantitative estimate of drug-likeness (QED) is 0.712. The van der Waals surface area contributed by atoms with Gasteiger partial charge < -0.3 is 14.4 Å². The van der Waals surface area contributed by atoms with Gasteiger partial charge in [0.25, 0.3) is 0 Å². The molecule has 0 spiro atoms. The van der Waals surface area contributed by atoms with E-state index in [1.165, 1.54) is 0 Å². The number of nitrogens with zero attached hydrogens (tertiary/aromatic N) is 3. The molecule has 0 amide bonds. The smallest absolute Gasteiger partial charge is 0.120 e. The van der Waals surface area contributed by atoms with E-state index in [0.29, 0.717) is 11.6 Å². The van der Waals surface area contributed by atoms with Crippen LogP contribution in [0.1, 0.15) is 26.0 Å². The molecule has 4 rings (SSSR count). The fourth-order valence-electron chi connectivity index (χ4n) is 3.26. The lowest BCUT2D eigenvalue weighted by Gasteiger charge is -2.10. The second kappa shape index (κ2) is 6.60. The van der Waals surface area contributed by atoms with Gasteiger partial charge in [0, 0.05) is 48.0 Å². The zero-order valence-corrected chi connectivity index (χ0v) is 15.0. The molecule has 2 N–H and O–H groups in total. The lowest BCUT2D eigenvalue weighted by atomic mass is 10.1. The van der Waals surface area contributed by atoms with Gasteiger partial charge in [-0.3, -0.25) is 5.10 Å². The second-order valence-corrected chi connectivity index (χ2v) is 7.31. The molecule has 6 nitrogen and oxygen atoms in total. The first-order valence-corrected chi connectivity index (χ1v) is 8.81. The molecule has 1 aliphatic heterocycles. The maximum absolute atomic E-state index is 9.83. The molecular formula is C20H22N4O2. The Balaban J connectivity index is 1.79. The zero-order chi connectivity index (χ0) is 18.1. The minimum atomic E-state index is -1.04. The number of aliphatic hydroxyl groups is 1. The minimum absolute atomic E-state index is 0.525. The predicted octanol–water partition coefficient (Wildman–Crippen LogP) is 2.59. The van der Waals surface area contributed by atoms with Gasteiger partial charge in [-0.15, -0.1) is 0 Å². The molecule has 0 aromatic carbocycles. The van der Waals surface area contributed by atoms with Crippen molar-refractivity contribution in [2.45, 2.75) is 32.4 Å². The summed E-state index contributed by atoms with van der Waals surface area (Å²) in [5, 5.41) is 17.9. The van der Waals surface area contributed by atoms with Crippen LogP contribution >= 0.6 is 0 Å². The summed E-state index contributed by atoms with van der Waals surface area (Å²) in [4.78, 5) is 4.48. The van der Waals surface area contributed by atoms with Crippen LogP contribution in [-0.4, -0.2) is 43.7 Å². The molecule has 6 heteroatoms. The van der Waals surface area contributed by atoms with E-state index < -0.39 is 5.60 Å². The number of hydrogen-bond donors (Lipinski definition) is 2. The highest BCUT2D eigenvalue weighted by Gasteiger charge is 2.19. The van der Waals surface area contributed by atoms with Crippen LogP contribution in [0, 0.1) is 17.8 Å². The van der Waals surface area contributed by atoms with Crippen LogP contribution in [-0.2, 0) is 11.3 Å². The number of fused-ring (bicyclic) bond motifs is 1. The van der Waals surface area contributed by atoms with Crippen LogP contribution < -0.4 is 0 Å². The first-order chi connectivity index (χ1) is 12.5. The number of aromatic nitrogens is 4. The SMILES string of the molecule is CC(C)(O)C#Cc1cc2c(-c3cn[nH]c3)cn(CC3CCOC3)c2cn1. The summed E-state index contributed by atoms with van der Waals surface area (Å²) in [5.74, 6) is 6.32. The molecule has 0 radical (unpaired) electrons. The highest BCUT2D eigenvalue weighted by Crippen LogP contribution is 2.31. The van der Waals surface area contributed by atoms with Gasteiger partial charge in [-0.2, -0.15) is 5.10 Å². The first kappa shape index (κ1) is 16.8. The average molecular weight is 350 g/mol. The Morgan fingerprint density at radius 2 is 2.31 bits per heavy atom. The topological polar surface area (TPSA) is 76.0 Å². The lowest BCUT2D eigenvalue weighted by molar-refractivity contribution is 0.143. The molecule has 1 saturated heterocycles. The maximum Gasteiger partial charge on any atom is 0.120 e. The van der Waals surface area contributed by atoms with Gasteiger partial charge in [-0.05, 0) is 32.3 Å². The second-order valence-electron chi connectivity index (χ2n) is 7.31. The highest BCUT2D eigenvalue weighted by atomic mass is 16.5. The van der Waals surface area contributed by atoms with Gasteiger partial charge in [0.05, 0.1) is 24.5 Å². The molecule has 0 bridgehead atoms. The van der Waals surface area contributed by atoms with Gasteiger partial charge in [0.2, 0.25) is 0 Å². The molecule has 1 atom stereocenters. The van der Waals surface area contributed by atoms with Crippen LogP contribution in [0.3, 0.4) is 0 Å². The third-order valence-electron chi connectivity index (χ3n) is 4.55. The summed E-state index contributed by atoms with van der Waals surface area (Å²) >= 11 is 0. The van der Waals surface area contributed by atoms with Crippen LogP contribution in [0.5, 0.6) is 0 Å². The zero-order valence-electron chi connectivity index (χ0n) is 15.0. The van der Waals surface area contributed by atoms with Crippen LogP contribution in [0.25, 0.3) is 22.0 Å². The third-order valence-corrected chi connectivity index (χ3v) is 4.55. The van der Waals surface area contributed by atoms with Crippen molar-refractivity contribution in [3.63, 3.8) is 0 Å². The van der Waals surface area contributed by atoms with Gasteiger partial charge in [-0.25, -0.2) is 4.98 Å². The van der Waals surface area contributed by atoms with Crippen molar-refractivity contribution in [1.82, 2.24) is 19.7 Å². The van der Waals surface area contributed by atoms with E-state index in [1.807, 2.05) is 24.7 Å². The monoisotopic (exact) mass is 350 g/mol. The molecule has 3 aromatic rings. The summed E-state index contributed by atoms with van der Waals surface area (Å²) in [6.45, 7) is 5.88. The van der Waals surface area contributed by atoms with Gasteiger partial charge in [0.15, 0.2) is 0 Å². The lowest BCUT2D eigenvalue weighted by Crippen LogP contribution is -2.14. The molecule has 0 aliphatic carbocycles. The normalized spacial score (nSPS) is 17.4. The number of H-pyrrole nitrogens is 1. The van der Waals surface area contributed by atoms with Crippen molar-refractivity contribution in [2.24, 2.45) is 5.92 Å². The Labute approximate surface area is 152 Å². The van der Waals surface area contributed by atoms with E-state index >= 15 is 0 Å². The average Bonchev–Trinajstić information content (AvgIpc) is 3.33. The number of rotatable bonds is 3. The molecule has 26 heavy (non-hydrogen) atoms. The van der Waals surface area contributed by atoms with E-state index in [4.69, 9.17) is 4.74 Å². The van der Waals surface area contributed by atoms with Gasteiger partial charge in [-0.1, -0.05) is 5.92 Å². The largest absolute Gasteiger partial charge is 0.381 e.